The summed E-state index contributed by atoms with van der Waals surface area (Å²) in [6.45, 7) is 1.63. The molecule has 0 saturated carbocycles. The molecule has 0 atom stereocenters. The van der Waals surface area contributed by atoms with E-state index in [0.717, 1.165) is 31.4 Å². The fourth-order valence-corrected chi connectivity index (χ4v) is 5.13. The van der Waals surface area contributed by atoms with E-state index in [9.17, 15) is 14.4 Å². The van der Waals surface area contributed by atoms with E-state index in [1.807, 2.05) is 43.3 Å². The van der Waals surface area contributed by atoms with Crippen LogP contribution in [0.25, 0.3) is 10.2 Å². The van der Waals surface area contributed by atoms with Gasteiger partial charge in [-0.2, -0.15) is 0 Å². The summed E-state index contributed by atoms with van der Waals surface area (Å²) in [6, 6.07) is 22.2. The minimum absolute atomic E-state index is 0.255. The molecule has 0 aliphatic carbocycles. The normalized spacial score (nSPS) is 10.6. The van der Waals surface area contributed by atoms with E-state index in [1.165, 1.54) is 0 Å². The topological polar surface area (TPSA) is 100 Å². The van der Waals surface area contributed by atoms with E-state index in [1.54, 1.807) is 53.4 Å². The smallest absolute Gasteiger partial charge is 0.269 e. The Morgan fingerprint density at radius 1 is 0.882 bits per heavy atom. The van der Waals surface area contributed by atoms with Crippen LogP contribution in [-0.4, -0.2) is 29.3 Å². The second-order valence-corrected chi connectivity index (χ2v) is 9.74. The largest absolute Gasteiger partial charge is 0.343 e. The first-order chi connectivity index (χ1) is 16.5. The van der Waals surface area contributed by atoms with Crippen LogP contribution in [0.4, 0.5) is 0 Å². The van der Waals surface area contributed by atoms with Crippen LogP contribution in [0.3, 0.4) is 0 Å². The number of fused-ring (bicyclic) bond motifs is 1. The molecule has 3 amide bonds. The van der Waals surface area contributed by atoms with Crippen molar-refractivity contribution in [2.45, 2.75) is 17.0 Å². The Morgan fingerprint density at radius 3 is 2.44 bits per heavy atom. The second-order valence-electron chi connectivity index (χ2n) is 7.49. The van der Waals surface area contributed by atoms with Crippen molar-refractivity contribution in [3.05, 3.63) is 95.1 Å². The average Bonchev–Trinajstić information content (AvgIpc) is 3.28. The van der Waals surface area contributed by atoms with Gasteiger partial charge in [-0.1, -0.05) is 53.7 Å². The number of nitrogens with one attached hydrogen (secondary N) is 3. The van der Waals surface area contributed by atoms with Gasteiger partial charge in [-0.3, -0.25) is 25.2 Å². The summed E-state index contributed by atoms with van der Waals surface area (Å²) in [5, 5.41) is 2.52. The van der Waals surface area contributed by atoms with Crippen LogP contribution in [0, 0.1) is 6.92 Å². The van der Waals surface area contributed by atoms with E-state index < -0.39 is 11.8 Å². The first kappa shape index (κ1) is 23.5. The lowest BCUT2D eigenvalue weighted by atomic mass is 10.1. The number of thioether (sulfide) groups is 1. The van der Waals surface area contributed by atoms with Gasteiger partial charge in [0.15, 0.2) is 4.34 Å². The fraction of sp³-hybridized carbons (Fsp3) is 0.120. The van der Waals surface area contributed by atoms with Gasteiger partial charge in [-0.05, 0) is 48.9 Å². The maximum absolute atomic E-state index is 12.3. The molecule has 1 aromatic heterocycles. The average molecular weight is 491 g/mol. The maximum atomic E-state index is 12.3. The van der Waals surface area contributed by atoms with Crippen LogP contribution < -0.4 is 16.2 Å². The molecule has 0 spiro atoms. The van der Waals surface area contributed by atoms with Crippen LogP contribution in [0.15, 0.2) is 77.1 Å². The molecule has 1 heterocycles. The molecular formula is C25H22N4O3S2. The van der Waals surface area contributed by atoms with E-state index in [-0.39, 0.29) is 12.5 Å². The van der Waals surface area contributed by atoms with Crippen molar-refractivity contribution in [2.24, 2.45) is 0 Å². The van der Waals surface area contributed by atoms with Crippen molar-refractivity contribution in [1.82, 2.24) is 21.2 Å². The number of aryl methyl sites for hydroxylation is 1. The number of thiazole rings is 1. The number of hydrogen-bond acceptors (Lipinski definition) is 6. The summed E-state index contributed by atoms with van der Waals surface area (Å²) in [7, 11) is 0. The van der Waals surface area contributed by atoms with Gasteiger partial charge in [0.1, 0.15) is 0 Å². The Kier molecular flexibility index (Phi) is 7.56. The molecule has 3 N–H and O–H groups in total. The Morgan fingerprint density at radius 2 is 1.68 bits per heavy atom. The standard InChI is InChI=1S/C25H22N4O3S2/c1-16-5-4-6-19(13-16)23(31)26-14-22(30)28-29-24(32)18-11-9-17(10-12-18)15-33-25-27-20-7-2-3-8-21(20)34-25/h2-13H,14-15H2,1H3,(H,26,31)(H,28,30)(H,29,32). The zero-order valence-corrected chi connectivity index (χ0v) is 20.0. The first-order valence-corrected chi connectivity index (χ1v) is 12.3. The van der Waals surface area contributed by atoms with E-state index in [2.05, 4.69) is 27.2 Å². The number of amides is 3. The highest BCUT2D eigenvalue weighted by Crippen LogP contribution is 2.31. The molecule has 0 aliphatic heterocycles. The third-order valence-electron chi connectivity index (χ3n) is 4.86. The molecule has 34 heavy (non-hydrogen) atoms. The molecule has 0 aliphatic rings. The number of nitrogens with zero attached hydrogens (tertiary/aromatic N) is 1. The first-order valence-electron chi connectivity index (χ1n) is 10.5. The summed E-state index contributed by atoms with van der Waals surface area (Å²) in [6.07, 6.45) is 0. The van der Waals surface area contributed by atoms with Crippen LogP contribution in [0.2, 0.25) is 0 Å². The van der Waals surface area contributed by atoms with Gasteiger partial charge < -0.3 is 5.32 Å². The number of hydrazine groups is 1. The van der Waals surface area contributed by atoms with E-state index in [0.29, 0.717) is 11.1 Å². The number of para-hydroxylation sites is 1. The fourth-order valence-electron chi connectivity index (χ4n) is 3.10. The number of carbonyl (C=O) groups excluding carboxylic acids is 3. The maximum Gasteiger partial charge on any atom is 0.269 e. The molecular weight excluding hydrogens is 468 g/mol. The summed E-state index contributed by atoms with van der Waals surface area (Å²) in [5.41, 5.74) is 8.56. The minimum Gasteiger partial charge on any atom is -0.343 e. The predicted octanol–water partition coefficient (Wildman–Crippen LogP) is 4.09. The van der Waals surface area contributed by atoms with Crippen molar-refractivity contribution in [3.63, 3.8) is 0 Å². The molecule has 0 unspecified atom stereocenters. The number of rotatable bonds is 7. The van der Waals surface area contributed by atoms with Crippen molar-refractivity contribution in [3.8, 4) is 0 Å². The highest BCUT2D eigenvalue weighted by Gasteiger charge is 2.11. The monoisotopic (exact) mass is 490 g/mol. The van der Waals surface area contributed by atoms with Gasteiger partial charge >= 0.3 is 0 Å². The Hall–Kier alpha value is -3.69. The van der Waals surface area contributed by atoms with Crippen molar-refractivity contribution < 1.29 is 14.4 Å². The van der Waals surface area contributed by atoms with Crippen LogP contribution in [0.1, 0.15) is 31.8 Å². The van der Waals surface area contributed by atoms with Gasteiger partial charge in [0.25, 0.3) is 17.7 Å². The molecule has 4 rings (SSSR count). The van der Waals surface area contributed by atoms with Crippen LogP contribution in [-0.2, 0) is 10.5 Å². The minimum atomic E-state index is -0.529. The van der Waals surface area contributed by atoms with Gasteiger partial charge in [-0.25, -0.2) is 4.98 Å². The zero-order chi connectivity index (χ0) is 23.9. The molecule has 3 aromatic carbocycles. The molecule has 0 bridgehead atoms. The van der Waals surface area contributed by atoms with Gasteiger partial charge in [0.2, 0.25) is 0 Å². The molecule has 172 valence electrons. The van der Waals surface area contributed by atoms with Crippen molar-refractivity contribution in [1.29, 1.82) is 0 Å². The lowest BCUT2D eigenvalue weighted by molar-refractivity contribution is -0.120. The van der Waals surface area contributed by atoms with Gasteiger partial charge in [0, 0.05) is 16.9 Å². The highest BCUT2D eigenvalue weighted by atomic mass is 32.2. The number of aromatic nitrogens is 1. The zero-order valence-electron chi connectivity index (χ0n) is 18.3. The summed E-state index contributed by atoms with van der Waals surface area (Å²) in [5.74, 6) is -0.592. The lowest BCUT2D eigenvalue weighted by Gasteiger charge is -2.09. The Balaban J connectivity index is 1.21. The second kappa shape index (κ2) is 11.0. The van der Waals surface area contributed by atoms with Crippen molar-refractivity contribution >= 4 is 51.0 Å². The summed E-state index contributed by atoms with van der Waals surface area (Å²) < 4.78 is 2.16. The van der Waals surface area contributed by atoms with Crippen LogP contribution in [0.5, 0.6) is 0 Å². The molecule has 0 radical (unpaired) electrons. The molecule has 9 heteroatoms. The summed E-state index contributed by atoms with van der Waals surface area (Å²) >= 11 is 3.31. The molecule has 4 aromatic rings. The lowest BCUT2D eigenvalue weighted by Crippen LogP contribution is -2.46. The number of carbonyl (C=O) groups is 3. The number of benzene rings is 3. The van der Waals surface area contributed by atoms with Gasteiger partial charge in [-0.15, -0.1) is 11.3 Å². The summed E-state index contributed by atoms with van der Waals surface area (Å²) in [4.78, 5) is 41.0. The third kappa shape index (κ3) is 6.21. The highest BCUT2D eigenvalue weighted by molar-refractivity contribution is 8.00. The van der Waals surface area contributed by atoms with Crippen LogP contribution >= 0.6 is 23.1 Å². The predicted molar refractivity (Wildman–Crippen MR) is 135 cm³/mol. The van der Waals surface area contributed by atoms with Gasteiger partial charge in [0.05, 0.1) is 16.8 Å². The SMILES string of the molecule is Cc1cccc(C(=O)NCC(=O)NNC(=O)c2ccc(CSc3nc4ccccc4s3)cc2)c1. The third-order valence-corrected chi connectivity index (χ3v) is 7.11. The molecule has 0 fully saturated rings. The van der Waals surface area contributed by atoms with Crippen molar-refractivity contribution in [2.75, 3.05) is 6.54 Å². The Bertz CT molecular complexity index is 1300. The molecule has 7 nitrogen and oxygen atoms in total. The molecule has 0 saturated heterocycles. The van der Waals surface area contributed by atoms with E-state index >= 15 is 0 Å². The van der Waals surface area contributed by atoms with E-state index in [4.69, 9.17) is 0 Å². The quantitative estimate of drug-likeness (QED) is 0.268. The number of hydrogen-bond donors (Lipinski definition) is 3. The Labute approximate surface area is 205 Å².